The van der Waals surface area contributed by atoms with Gasteiger partial charge in [-0.3, -0.25) is 4.79 Å². The predicted molar refractivity (Wildman–Crippen MR) is 97.1 cm³/mol. The maximum Gasteiger partial charge on any atom is 0.269 e. The molecule has 0 aliphatic rings. The molecule has 2 aromatic carbocycles. The number of nitrogens with one attached hydrogen (secondary N) is 1. The lowest BCUT2D eigenvalue weighted by Crippen LogP contribution is -2.15. The van der Waals surface area contributed by atoms with E-state index < -0.39 is 5.56 Å². The highest BCUT2D eigenvalue weighted by atomic mass is 16.5. The molecule has 0 saturated heterocycles. The quantitative estimate of drug-likeness (QED) is 0.766. The molecule has 3 aromatic rings. The Hall–Kier alpha value is -3.59. The summed E-state index contributed by atoms with van der Waals surface area (Å²) >= 11 is 0. The van der Waals surface area contributed by atoms with Crippen LogP contribution in [0.4, 0.5) is 0 Å². The third-order valence-corrected chi connectivity index (χ3v) is 3.84. The molecule has 130 valence electrons. The molecule has 0 saturated carbocycles. The molecular weight excluding hydrogens is 330 g/mol. The average molecular weight is 347 g/mol. The summed E-state index contributed by atoms with van der Waals surface area (Å²) in [6.45, 7) is 2.10. The van der Waals surface area contributed by atoms with E-state index in [0.29, 0.717) is 29.4 Å². The highest BCUT2D eigenvalue weighted by Crippen LogP contribution is 2.23. The van der Waals surface area contributed by atoms with Crippen molar-refractivity contribution in [2.24, 2.45) is 0 Å². The molecule has 0 radical (unpaired) electrons. The predicted octanol–water partition coefficient (Wildman–Crippen LogP) is 3.20. The van der Waals surface area contributed by atoms with Gasteiger partial charge in [-0.25, -0.2) is 4.98 Å². The highest BCUT2D eigenvalue weighted by molar-refractivity contribution is 5.66. The first-order chi connectivity index (χ1) is 12.6. The molecule has 0 bridgehead atoms. The van der Waals surface area contributed by atoms with Crippen molar-refractivity contribution in [2.45, 2.75) is 13.5 Å². The summed E-state index contributed by atoms with van der Waals surface area (Å²) in [6, 6.07) is 16.7. The van der Waals surface area contributed by atoms with Crippen LogP contribution in [0.2, 0.25) is 0 Å². The average Bonchev–Trinajstić information content (AvgIpc) is 2.66. The van der Waals surface area contributed by atoms with E-state index in [2.05, 4.69) is 9.97 Å². The van der Waals surface area contributed by atoms with Gasteiger partial charge in [0.05, 0.1) is 12.8 Å². The lowest BCUT2D eigenvalue weighted by molar-refractivity contribution is 0.306. The van der Waals surface area contributed by atoms with E-state index >= 15 is 0 Å². The van der Waals surface area contributed by atoms with Crippen molar-refractivity contribution >= 4 is 0 Å². The minimum Gasteiger partial charge on any atom is -0.497 e. The number of benzene rings is 2. The van der Waals surface area contributed by atoms with E-state index in [1.165, 1.54) is 0 Å². The van der Waals surface area contributed by atoms with Crippen LogP contribution >= 0.6 is 0 Å². The Labute approximate surface area is 150 Å². The summed E-state index contributed by atoms with van der Waals surface area (Å²) in [5.41, 5.74) is 1.65. The number of nitrogens with zero attached hydrogens (tertiary/aromatic N) is 2. The molecule has 1 aromatic heterocycles. The molecule has 0 aliphatic heterocycles. The molecule has 1 heterocycles. The molecule has 0 amide bonds. The Morgan fingerprint density at radius 2 is 1.73 bits per heavy atom. The van der Waals surface area contributed by atoms with E-state index in [0.717, 1.165) is 11.3 Å². The van der Waals surface area contributed by atoms with Gasteiger partial charge in [0.15, 0.2) is 0 Å². The molecule has 0 fully saturated rings. The summed E-state index contributed by atoms with van der Waals surface area (Å²) in [4.78, 5) is 18.7. The molecule has 6 heteroatoms. The van der Waals surface area contributed by atoms with Gasteiger partial charge in [0.2, 0.25) is 0 Å². The number of hydrogen-bond acceptors (Lipinski definition) is 5. The second-order valence-electron chi connectivity index (χ2n) is 5.65. The van der Waals surface area contributed by atoms with Crippen LogP contribution in [0.3, 0.4) is 0 Å². The van der Waals surface area contributed by atoms with Gasteiger partial charge in [-0.2, -0.15) is 5.26 Å². The zero-order valence-corrected chi connectivity index (χ0v) is 14.4. The number of hydrogen-bond donors (Lipinski definition) is 1. The zero-order chi connectivity index (χ0) is 18.5. The highest BCUT2D eigenvalue weighted by Gasteiger charge is 2.12. The third kappa shape index (κ3) is 3.73. The minimum atomic E-state index is -0.435. The molecule has 0 aliphatic carbocycles. The summed E-state index contributed by atoms with van der Waals surface area (Å²) in [6.07, 6.45) is 0. The van der Waals surface area contributed by atoms with Crippen molar-refractivity contribution in [1.29, 1.82) is 5.26 Å². The topological polar surface area (TPSA) is 88.0 Å². The minimum absolute atomic E-state index is 0.00232. The Bertz CT molecular complexity index is 1000. The van der Waals surface area contributed by atoms with Crippen LogP contribution in [0.1, 0.15) is 17.0 Å². The summed E-state index contributed by atoms with van der Waals surface area (Å²) in [7, 11) is 1.63. The molecule has 0 spiro atoms. The van der Waals surface area contributed by atoms with Crippen molar-refractivity contribution in [1.82, 2.24) is 9.97 Å². The number of ether oxygens (including phenoxy) is 2. The standard InChI is InChI=1S/C20H17N3O3/c1-13-22-19(18(11-21)20(24)23-13)15-5-9-17(10-6-15)26-12-14-3-7-16(25-2)8-4-14/h3-10H,12H2,1-2H3,(H,22,23,24). The first-order valence-electron chi connectivity index (χ1n) is 7.98. The second kappa shape index (κ2) is 7.53. The lowest BCUT2D eigenvalue weighted by Gasteiger charge is -2.09. The largest absolute Gasteiger partial charge is 0.497 e. The van der Waals surface area contributed by atoms with Gasteiger partial charge in [0, 0.05) is 5.56 Å². The number of aromatic nitrogens is 2. The van der Waals surface area contributed by atoms with Crippen molar-refractivity contribution in [3.63, 3.8) is 0 Å². The van der Waals surface area contributed by atoms with Crippen LogP contribution in [0, 0.1) is 18.3 Å². The molecule has 26 heavy (non-hydrogen) atoms. The Balaban J connectivity index is 1.77. The van der Waals surface area contributed by atoms with E-state index in [4.69, 9.17) is 9.47 Å². The van der Waals surface area contributed by atoms with E-state index in [1.807, 2.05) is 30.3 Å². The van der Waals surface area contributed by atoms with Crippen LogP contribution in [-0.4, -0.2) is 17.1 Å². The van der Waals surface area contributed by atoms with E-state index in [1.54, 1.807) is 38.3 Å². The van der Waals surface area contributed by atoms with Gasteiger partial charge < -0.3 is 14.5 Å². The monoisotopic (exact) mass is 347 g/mol. The lowest BCUT2D eigenvalue weighted by atomic mass is 10.1. The molecular formula is C20H17N3O3. The van der Waals surface area contributed by atoms with Crippen molar-refractivity contribution in [3.05, 3.63) is 75.8 Å². The zero-order valence-electron chi connectivity index (χ0n) is 14.4. The van der Waals surface area contributed by atoms with Gasteiger partial charge in [-0.05, 0) is 48.9 Å². The first-order valence-corrected chi connectivity index (χ1v) is 7.98. The molecule has 6 nitrogen and oxygen atoms in total. The number of methoxy groups -OCH3 is 1. The van der Waals surface area contributed by atoms with Crippen LogP contribution in [-0.2, 0) is 6.61 Å². The fourth-order valence-corrected chi connectivity index (χ4v) is 2.50. The van der Waals surface area contributed by atoms with Crippen molar-refractivity contribution in [3.8, 4) is 28.8 Å². The summed E-state index contributed by atoms with van der Waals surface area (Å²) < 4.78 is 10.9. The Kier molecular flexibility index (Phi) is 4.99. The van der Waals surface area contributed by atoms with Gasteiger partial charge in [0.25, 0.3) is 5.56 Å². The number of rotatable bonds is 5. The summed E-state index contributed by atoms with van der Waals surface area (Å²) in [5.74, 6) is 1.94. The van der Waals surface area contributed by atoms with Crippen molar-refractivity contribution < 1.29 is 9.47 Å². The first kappa shape index (κ1) is 17.2. The fourth-order valence-electron chi connectivity index (χ4n) is 2.50. The van der Waals surface area contributed by atoms with Gasteiger partial charge >= 0.3 is 0 Å². The Morgan fingerprint density at radius 3 is 2.35 bits per heavy atom. The molecule has 1 N–H and O–H groups in total. The maximum absolute atomic E-state index is 11.9. The van der Waals surface area contributed by atoms with Crippen LogP contribution in [0.25, 0.3) is 11.3 Å². The molecule has 0 unspecified atom stereocenters. The molecule has 0 atom stereocenters. The van der Waals surface area contributed by atoms with Gasteiger partial charge in [-0.1, -0.05) is 12.1 Å². The second-order valence-corrected chi connectivity index (χ2v) is 5.65. The van der Waals surface area contributed by atoms with Gasteiger partial charge in [0.1, 0.15) is 35.6 Å². The molecule has 3 rings (SSSR count). The third-order valence-electron chi connectivity index (χ3n) is 3.84. The number of aryl methyl sites for hydroxylation is 1. The number of nitriles is 1. The van der Waals surface area contributed by atoms with Crippen LogP contribution in [0.15, 0.2) is 53.3 Å². The SMILES string of the molecule is COc1ccc(COc2ccc(-c3nc(C)[nH]c(=O)c3C#N)cc2)cc1. The maximum atomic E-state index is 11.9. The van der Waals surface area contributed by atoms with Crippen LogP contribution in [0.5, 0.6) is 11.5 Å². The summed E-state index contributed by atoms with van der Waals surface area (Å²) in [5, 5.41) is 9.21. The van der Waals surface area contributed by atoms with Crippen molar-refractivity contribution in [2.75, 3.05) is 7.11 Å². The Morgan fingerprint density at radius 1 is 1.08 bits per heavy atom. The fraction of sp³-hybridized carbons (Fsp3) is 0.150. The smallest absolute Gasteiger partial charge is 0.269 e. The van der Waals surface area contributed by atoms with E-state index in [9.17, 15) is 10.1 Å². The number of H-pyrrole nitrogens is 1. The van der Waals surface area contributed by atoms with E-state index in [-0.39, 0.29) is 5.56 Å². The van der Waals surface area contributed by atoms with Gasteiger partial charge in [-0.15, -0.1) is 0 Å². The van der Waals surface area contributed by atoms with Crippen LogP contribution < -0.4 is 15.0 Å². The normalized spacial score (nSPS) is 10.2. The number of aromatic amines is 1.